The van der Waals surface area contributed by atoms with Gasteiger partial charge in [0.25, 0.3) is 0 Å². The lowest BCUT2D eigenvalue weighted by Gasteiger charge is -2.17. The van der Waals surface area contributed by atoms with Crippen LogP contribution in [0, 0.1) is 0 Å². The van der Waals surface area contributed by atoms with Crippen LogP contribution >= 0.6 is 0 Å². The molecular weight excluding hydrogens is 296 g/mol. The first-order chi connectivity index (χ1) is 11.6. The highest BCUT2D eigenvalue weighted by Crippen LogP contribution is 2.35. The summed E-state index contributed by atoms with van der Waals surface area (Å²) in [5, 5.41) is 0. The highest BCUT2D eigenvalue weighted by Gasteiger charge is 2.12. The first-order valence-electron chi connectivity index (χ1n) is 8.27. The molecule has 126 valence electrons. The highest BCUT2D eigenvalue weighted by atomic mass is 16.5. The van der Waals surface area contributed by atoms with Gasteiger partial charge in [-0.15, -0.1) is 13.2 Å². The summed E-state index contributed by atoms with van der Waals surface area (Å²) >= 11 is 0. The Morgan fingerprint density at radius 3 is 2.29 bits per heavy atom. The molecule has 0 saturated carbocycles. The van der Waals surface area contributed by atoms with Gasteiger partial charge in [-0.1, -0.05) is 24.3 Å². The number of hydrogen-bond donors (Lipinski definition) is 0. The minimum absolute atomic E-state index is 0.125. The van der Waals surface area contributed by atoms with Gasteiger partial charge in [-0.3, -0.25) is 0 Å². The first kappa shape index (κ1) is 17.9. The Bertz CT molecular complexity index is 714. The molecule has 0 aliphatic carbocycles. The van der Waals surface area contributed by atoms with E-state index in [9.17, 15) is 0 Å². The lowest BCUT2D eigenvalue weighted by molar-refractivity contribution is 0.243. The molecule has 0 heterocycles. The Kier molecular flexibility index (Phi) is 6.25. The minimum atomic E-state index is 0.125. The molecule has 2 aromatic rings. The van der Waals surface area contributed by atoms with Crippen LogP contribution in [0.3, 0.4) is 0 Å². The molecule has 2 nitrogen and oxygen atoms in total. The van der Waals surface area contributed by atoms with Crippen LogP contribution in [0.4, 0.5) is 0 Å². The Morgan fingerprint density at radius 2 is 1.67 bits per heavy atom. The zero-order chi connectivity index (χ0) is 17.5. The van der Waals surface area contributed by atoms with E-state index in [1.807, 2.05) is 38.1 Å². The predicted octanol–water partition coefficient (Wildman–Crippen LogP) is 5.61. The van der Waals surface area contributed by atoms with Crippen molar-refractivity contribution in [2.45, 2.75) is 32.8 Å². The van der Waals surface area contributed by atoms with Gasteiger partial charge in [0.1, 0.15) is 11.5 Å². The SMILES string of the molecule is C=CCc1ccc(OC(C)C)c(-c2ccc(OC)c(CC=C)c2)c1. The number of methoxy groups -OCH3 is 1. The van der Waals surface area contributed by atoms with Crippen molar-refractivity contribution >= 4 is 0 Å². The molecule has 2 heteroatoms. The van der Waals surface area contributed by atoms with Crippen LogP contribution in [0.25, 0.3) is 11.1 Å². The summed E-state index contributed by atoms with van der Waals surface area (Å²) in [6.07, 6.45) is 5.54. The minimum Gasteiger partial charge on any atom is -0.496 e. The summed E-state index contributed by atoms with van der Waals surface area (Å²) in [4.78, 5) is 0. The Morgan fingerprint density at radius 1 is 0.958 bits per heavy atom. The summed E-state index contributed by atoms with van der Waals surface area (Å²) < 4.78 is 11.5. The number of rotatable bonds is 8. The molecule has 0 unspecified atom stereocenters. The molecule has 0 spiro atoms. The third-order valence-electron chi connectivity index (χ3n) is 3.74. The molecule has 0 aromatic heterocycles. The average Bonchev–Trinajstić information content (AvgIpc) is 2.56. The van der Waals surface area contributed by atoms with Gasteiger partial charge in [-0.05, 0) is 67.6 Å². The van der Waals surface area contributed by atoms with Gasteiger partial charge in [0.2, 0.25) is 0 Å². The van der Waals surface area contributed by atoms with Gasteiger partial charge in [0, 0.05) is 5.56 Å². The third kappa shape index (κ3) is 4.29. The molecule has 0 bridgehead atoms. The molecule has 2 aromatic carbocycles. The quantitative estimate of drug-likeness (QED) is 0.588. The van der Waals surface area contributed by atoms with Crippen molar-refractivity contribution in [3.8, 4) is 22.6 Å². The van der Waals surface area contributed by atoms with E-state index in [1.54, 1.807) is 7.11 Å². The van der Waals surface area contributed by atoms with Crippen LogP contribution in [0.15, 0.2) is 61.7 Å². The maximum atomic E-state index is 6.01. The largest absolute Gasteiger partial charge is 0.496 e. The van der Waals surface area contributed by atoms with E-state index >= 15 is 0 Å². The van der Waals surface area contributed by atoms with E-state index in [2.05, 4.69) is 37.4 Å². The Hall–Kier alpha value is -2.48. The van der Waals surface area contributed by atoms with Crippen LogP contribution < -0.4 is 9.47 Å². The van der Waals surface area contributed by atoms with E-state index in [0.29, 0.717) is 0 Å². The Balaban J connectivity index is 2.55. The topological polar surface area (TPSA) is 18.5 Å². The maximum absolute atomic E-state index is 6.01. The van der Waals surface area contributed by atoms with Crippen LogP contribution in [0.1, 0.15) is 25.0 Å². The van der Waals surface area contributed by atoms with Crippen molar-refractivity contribution < 1.29 is 9.47 Å². The van der Waals surface area contributed by atoms with E-state index in [-0.39, 0.29) is 6.10 Å². The second-order valence-electron chi connectivity index (χ2n) is 6.01. The molecule has 0 radical (unpaired) electrons. The molecule has 0 atom stereocenters. The second kappa shape index (κ2) is 8.39. The number of ether oxygens (including phenoxy) is 2. The molecule has 0 saturated heterocycles. The maximum Gasteiger partial charge on any atom is 0.127 e. The molecular formula is C22H26O2. The second-order valence-corrected chi connectivity index (χ2v) is 6.01. The standard InChI is InChI=1S/C22H26O2/c1-6-8-17-10-12-22(24-16(3)4)20(14-17)18-11-13-21(23-5)19(15-18)9-7-2/h6-7,10-16H,1-2,8-9H2,3-5H3. The molecule has 2 rings (SSSR count). The Labute approximate surface area is 145 Å². The predicted molar refractivity (Wildman–Crippen MR) is 102 cm³/mol. The van der Waals surface area contributed by atoms with E-state index < -0.39 is 0 Å². The zero-order valence-corrected chi connectivity index (χ0v) is 14.8. The van der Waals surface area contributed by atoms with Gasteiger partial charge >= 0.3 is 0 Å². The van der Waals surface area contributed by atoms with Crippen molar-refractivity contribution in [1.82, 2.24) is 0 Å². The van der Waals surface area contributed by atoms with E-state index in [0.717, 1.165) is 41.0 Å². The molecule has 0 N–H and O–H groups in total. The fraction of sp³-hybridized carbons (Fsp3) is 0.273. The lowest BCUT2D eigenvalue weighted by Crippen LogP contribution is -2.07. The highest BCUT2D eigenvalue weighted by molar-refractivity contribution is 5.73. The lowest BCUT2D eigenvalue weighted by atomic mass is 9.97. The van der Waals surface area contributed by atoms with Crippen LogP contribution in [0.5, 0.6) is 11.5 Å². The van der Waals surface area contributed by atoms with Crippen molar-refractivity contribution in [2.24, 2.45) is 0 Å². The number of hydrogen-bond acceptors (Lipinski definition) is 2. The van der Waals surface area contributed by atoms with E-state index in [1.165, 1.54) is 5.56 Å². The first-order valence-corrected chi connectivity index (χ1v) is 8.27. The van der Waals surface area contributed by atoms with Crippen molar-refractivity contribution in [3.05, 3.63) is 72.8 Å². The summed E-state index contributed by atoms with van der Waals surface area (Å²) in [6, 6.07) is 12.6. The molecule has 0 amide bonds. The summed E-state index contributed by atoms with van der Waals surface area (Å²) in [5.41, 5.74) is 4.55. The molecule has 24 heavy (non-hydrogen) atoms. The molecule has 0 fully saturated rings. The summed E-state index contributed by atoms with van der Waals surface area (Å²) in [7, 11) is 1.69. The normalized spacial score (nSPS) is 10.5. The summed E-state index contributed by atoms with van der Waals surface area (Å²) in [6.45, 7) is 11.7. The van der Waals surface area contributed by atoms with Crippen molar-refractivity contribution in [2.75, 3.05) is 7.11 Å². The van der Waals surface area contributed by atoms with Crippen LogP contribution in [-0.4, -0.2) is 13.2 Å². The van der Waals surface area contributed by atoms with Gasteiger partial charge in [-0.25, -0.2) is 0 Å². The van der Waals surface area contributed by atoms with Crippen molar-refractivity contribution in [1.29, 1.82) is 0 Å². The molecule has 0 aliphatic heterocycles. The number of benzene rings is 2. The van der Waals surface area contributed by atoms with Crippen LogP contribution in [0.2, 0.25) is 0 Å². The third-order valence-corrected chi connectivity index (χ3v) is 3.74. The van der Waals surface area contributed by atoms with Crippen LogP contribution in [-0.2, 0) is 12.8 Å². The van der Waals surface area contributed by atoms with Gasteiger partial charge in [0.05, 0.1) is 13.2 Å². The number of allylic oxidation sites excluding steroid dienone is 2. The van der Waals surface area contributed by atoms with Gasteiger partial charge < -0.3 is 9.47 Å². The average molecular weight is 322 g/mol. The fourth-order valence-corrected chi connectivity index (χ4v) is 2.71. The van der Waals surface area contributed by atoms with Crippen molar-refractivity contribution in [3.63, 3.8) is 0 Å². The van der Waals surface area contributed by atoms with Gasteiger partial charge in [-0.2, -0.15) is 0 Å². The van der Waals surface area contributed by atoms with Gasteiger partial charge in [0.15, 0.2) is 0 Å². The monoisotopic (exact) mass is 322 g/mol. The summed E-state index contributed by atoms with van der Waals surface area (Å²) in [5.74, 6) is 1.78. The molecule has 0 aliphatic rings. The van der Waals surface area contributed by atoms with E-state index in [4.69, 9.17) is 9.47 Å². The fourth-order valence-electron chi connectivity index (χ4n) is 2.71. The zero-order valence-electron chi connectivity index (χ0n) is 14.8. The smallest absolute Gasteiger partial charge is 0.127 e.